The summed E-state index contributed by atoms with van der Waals surface area (Å²) in [5.41, 5.74) is 15.1. The Balaban J connectivity index is 0.000000173. The SMILES string of the molecule is C.Cc1cc(C2CC2)cc(C)c1Br.Cc1cc(C2CC2)cc(C)c1N. The van der Waals surface area contributed by atoms with Gasteiger partial charge >= 0.3 is 0 Å². The summed E-state index contributed by atoms with van der Waals surface area (Å²) in [6.07, 6.45) is 5.51. The molecule has 0 bridgehead atoms. The zero-order valence-electron chi connectivity index (χ0n) is 15.2. The molecule has 0 heterocycles. The van der Waals surface area contributed by atoms with E-state index in [1.807, 2.05) is 0 Å². The molecule has 2 aliphatic carbocycles. The number of rotatable bonds is 2. The molecule has 2 fully saturated rings. The summed E-state index contributed by atoms with van der Waals surface area (Å²) in [5.74, 6) is 1.71. The molecular formula is C23H32BrN. The van der Waals surface area contributed by atoms with Crippen LogP contribution in [0, 0.1) is 27.7 Å². The van der Waals surface area contributed by atoms with E-state index in [0.29, 0.717) is 0 Å². The fourth-order valence-electron chi connectivity index (χ4n) is 3.29. The number of anilines is 1. The third-order valence-electron chi connectivity index (χ3n) is 5.17. The number of nitrogens with two attached hydrogens (primary N) is 1. The molecule has 25 heavy (non-hydrogen) atoms. The molecule has 1 nitrogen and oxygen atoms in total. The van der Waals surface area contributed by atoms with Crippen molar-refractivity contribution in [2.75, 3.05) is 5.73 Å². The largest absolute Gasteiger partial charge is 0.398 e. The first-order chi connectivity index (χ1) is 11.4. The van der Waals surface area contributed by atoms with Gasteiger partial charge in [-0.1, -0.05) is 47.6 Å². The first-order valence-corrected chi connectivity index (χ1v) is 9.79. The van der Waals surface area contributed by atoms with Gasteiger partial charge < -0.3 is 5.73 Å². The fraction of sp³-hybridized carbons (Fsp3) is 0.478. The van der Waals surface area contributed by atoms with E-state index in [0.717, 1.165) is 17.5 Å². The van der Waals surface area contributed by atoms with Crippen LogP contribution in [0.3, 0.4) is 0 Å². The molecular weight excluding hydrogens is 370 g/mol. The highest BCUT2D eigenvalue weighted by Gasteiger charge is 2.24. The molecule has 0 radical (unpaired) electrons. The third-order valence-corrected chi connectivity index (χ3v) is 6.42. The van der Waals surface area contributed by atoms with E-state index in [-0.39, 0.29) is 7.43 Å². The van der Waals surface area contributed by atoms with Crippen LogP contribution in [-0.4, -0.2) is 0 Å². The number of benzene rings is 2. The fourth-order valence-corrected chi connectivity index (χ4v) is 3.52. The van der Waals surface area contributed by atoms with Crippen molar-refractivity contribution in [3.63, 3.8) is 0 Å². The van der Waals surface area contributed by atoms with Crippen LogP contribution in [0.1, 0.15) is 78.3 Å². The summed E-state index contributed by atoms with van der Waals surface area (Å²) in [7, 11) is 0. The Bertz CT molecular complexity index is 643. The van der Waals surface area contributed by atoms with Crippen LogP contribution in [0.5, 0.6) is 0 Å². The molecule has 0 unspecified atom stereocenters. The Morgan fingerprint density at radius 1 is 0.720 bits per heavy atom. The molecule has 0 aliphatic heterocycles. The van der Waals surface area contributed by atoms with Gasteiger partial charge in [0.05, 0.1) is 0 Å². The number of nitrogen functional groups attached to an aromatic ring is 1. The zero-order chi connectivity index (χ0) is 17.4. The van der Waals surface area contributed by atoms with Gasteiger partial charge in [0.25, 0.3) is 0 Å². The molecule has 136 valence electrons. The normalized spacial score (nSPS) is 15.9. The molecule has 0 spiro atoms. The van der Waals surface area contributed by atoms with Crippen molar-refractivity contribution in [2.24, 2.45) is 0 Å². The highest BCUT2D eigenvalue weighted by molar-refractivity contribution is 9.10. The van der Waals surface area contributed by atoms with Gasteiger partial charge in [0.2, 0.25) is 0 Å². The Morgan fingerprint density at radius 2 is 1.04 bits per heavy atom. The predicted molar refractivity (Wildman–Crippen MR) is 115 cm³/mol. The van der Waals surface area contributed by atoms with Gasteiger partial charge in [-0.05, 0) is 98.6 Å². The first kappa shape index (κ1) is 20.0. The van der Waals surface area contributed by atoms with Crippen molar-refractivity contribution in [3.8, 4) is 0 Å². The molecule has 0 atom stereocenters. The van der Waals surface area contributed by atoms with E-state index < -0.39 is 0 Å². The second-order valence-electron chi connectivity index (χ2n) is 7.59. The van der Waals surface area contributed by atoms with Crippen molar-refractivity contribution in [1.82, 2.24) is 0 Å². The summed E-state index contributed by atoms with van der Waals surface area (Å²) in [6.45, 7) is 8.52. The molecule has 0 aromatic heterocycles. The first-order valence-electron chi connectivity index (χ1n) is 9.00. The summed E-state index contributed by atoms with van der Waals surface area (Å²) in [6, 6.07) is 9.10. The van der Waals surface area contributed by atoms with Crippen molar-refractivity contribution in [3.05, 3.63) is 62.1 Å². The van der Waals surface area contributed by atoms with E-state index in [1.165, 1.54) is 63.5 Å². The third kappa shape index (κ3) is 4.88. The van der Waals surface area contributed by atoms with E-state index in [1.54, 1.807) is 0 Å². The van der Waals surface area contributed by atoms with Crippen LogP contribution in [0.15, 0.2) is 28.7 Å². The Labute approximate surface area is 162 Å². The second kappa shape index (κ2) is 7.95. The molecule has 0 saturated heterocycles. The quantitative estimate of drug-likeness (QED) is 0.523. The van der Waals surface area contributed by atoms with Crippen molar-refractivity contribution in [1.29, 1.82) is 0 Å². The topological polar surface area (TPSA) is 26.0 Å². The minimum absolute atomic E-state index is 0. The Kier molecular flexibility index (Phi) is 6.37. The number of aryl methyl sites for hydroxylation is 4. The molecule has 2 saturated carbocycles. The minimum atomic E-state index is 0. The average Bonchev–Trinajstić information content (AvgIpc) is 3.40. The van der Waals surface area contributed by atoms with E-state index in [4.69, 9.17) is 5.73 Å². The predicted octanol–water partition coefficient (Wildman–Crippen LogP) is 7.34. The van der Waals surface area contributed by atoms with E-state index in [2.05, 4.69) is 67.9 Å². The lowest BCUT2D eigenvalue weighted by Gasteiger charge is -2.07. The Hall–Kier alpha value is -1.28. The highest BCUT2D eigenvalue weighted by atomic mass is 79.9. The van der Waals surface area contributed by atoms with Crippen LogP contribution < -0.4 is 5.73 Å². The average molecular weight is 402 g/mol. The standard InChI is InChI=1S/C11H13Br.C11H15N.CH4/c2*1-7-5-10(9-3-4-9)6-8(2)11(7)12;/h5-6,9H,3-4H2,1-2H3;5-6,9H,3-4,12H2,1-2H3;1H4. The van der Waals surface area contributed by atoms with Crippen LogP contribution in [0.2, 0.25) is 0 Å². The molecule has 2 heteroatoms. The summed E-state index contributed by atoms with van der Waals surface area (Å²) in [4.78, 5) is 0. The van der Waals surface area contributed by atoms with Gasteiger partial charge in [0.1, 0.15) is 0 Å². The van der Waals surface area contributed by atoms with Gasteiger partial charge in [0, 0.05) is 10.2 Å². The van der Waals surface area contributed by atoms with Crippen molar-refractivity contribution >= 4 is 21.6 Å². The van der Waals surface area contributed by atoms with Gasteiger partial charge in [-0.3, -0.25) is 0 Å². The van der Waals surface area contributed by atoms with Gasteiger partial charge in [-0.25, -0.2) is 0 Å². The van der Waals surface area contributed by atoms with Crippen LogP contribution in [0.25, 0.3) is 0 Å². The van der Waals surface area contributed by atoms with Crippen LogP contribution in [0.4, 0.5) is 5.69 Å². The molecule has 0 amide bonds. The smallest absolute Gasteiger partial charge is 0.0373 e. The molecule has 2 aromatic rings. The summed E-state index contributed by atoms with van der Waals surface area (Å²) >= 11 is 3.58. The minimum Gasteiger partial charge on any atom is -0.398 e. The maximum atomic E-state index is 5.87. The molecule has 2 N–H and O–H groups in total. The van der Waals surface area contributed by atoms with Gasteiger partial charge in [0.15, 0.2) is 0 Å². The molecule has 4 rings (SSSR count). The van der Waals surface area contributed by atoms with E-state index in [9.17, 15) is 0 Å². The van der Waals surface area contributed by atoms with Gasteiger partial charge in [-0.15, -0.1) is 0 Å². The lowest BCUT2D eigenvalue weighted by molar-refractivity contribution is 1.11. The monoisotopic (exact) mass is 401 g/mol. The molecule has 2 aromatic carbocycles. The zero-order valence-corrected chi connectivity index (χ0v) is 16.8. The second-order valence-corrected chi connectivity index (χ2v) is 8.38. The Morgan fingerprint density at radius 3 is 1.36 bits per heavy atom. The van der Waals surface area contributed by atoms with E-state index >= 15 is 0 Å². The summed E-state index contributed by atoms with van der Waals surface area (Å²) < 4.78 is 1.27. The lowest BCUT2D eigenvalue weighted by Crippen LogP contribution is -1.95. The lowest BCUT2D eigenvalue weighted by atomic mass is 10.0. The number of hydrogen-bond donors (Lipinski definition) is 1. The number of halogens is 1. The van der Waals surface area contributed by atoms with Crippen LogP contribution >= 0.6 is 15.9 Å². The highest BCUT2D eigenvalue weighted by Crippen LogP contribution is 2.42. The van der Waals surface area contributed by atoms with Crippen molar-refractivity contribution < 1.29 is 0 Å². The maximum Gasteiger partial charge on any atom is 0.0373 e. The summed E-state index contributed by atoms with van der Waals surface area (Å²) in [5, 5.41) is 0. The molecule has 2 aliphatic rings. The maximum absolute atomic E-state index is 5.87. The number of hydrogen-bond acceptors (Lipinski definition) is 1. The van der Waals surface area contributed by atoms with Crippen LogP contribution in [-0.2, 0) is 0 Å². The van der Waals surface area contributed by atoms with Crippen molar-refractivity contribution in [2.45, 2.75) is 72.6 Å². The van der Waals surface area contributed by atoms with Gasteiger partial charge in [-0.2, -0.15) is 0 Å².